The van der Waals surface area contributed by atoms with Crippen LogP contribution < -0.4 is 0 Å². The van der Waals surface area contributed by atoms with Crippen molar-refractivity contribution >= 4 is 15.9 Å². The van der Waals surface area contributed by atoms with E-state index < -0.39 is 6.10 Å². The van der Waals surface area contributed by atoms with E-state index in [0.29, 0.717) is 23.8 Å². The summed E-state index contributed by atoms with van der Waals surface area (Å²) >= 11 is 3.44. The molecule has 2 aromatic rings. The van der Waals surface area contributed by atoms with Crippen LogP contribution >= 0.6 is 15.9 Å². The Balaban J connectivity index is 2.29. The largest absolute Gasteiger partial charge is 0.380 e. The number of halogens is 1. The summed E-state index contributed by atoms with van der Waals surface area (Å²) in [7, 11) is 4.00. The number of likely N-dealkylation sites (N-methyl/N-ethyl adjacent to an activating group) is 1. The predicted octanol–water partition coefficient (Wildman–Crippen LogP) is 1.39. The van der Waals surface area contributed by atoms with Crippen LogP contribution in [0.25, 0.3) is 0 Å². The summed E-state index contributed by atoms with van der Waals surface area (Å²) in [6, 6.07) is 1.72. The lowest BCUT2D eigenvalue weighted by atomic mass is 10.2. The van der Waals surface area contributed by atoms with E-state index in [1.165, 1.54) is 0 Å². The van der Waals surface area contributed by atoms with Crippen LogP contribution in [-0.2, 0) is 6.54 Å². The smallest absolute Gasteiger partial charge is 0.139 e. The molecule has 2 heterocycles. The lowest BCUT2D eigenvalue weighted by molar-refractivity contribution is 0.199. The maximum Gasteiger partial charge on any atom is 0.139 e. The van der Waals surface area contributed by atoms with Crippen LogP contribution in [0.15, 0.2) is 22.9 Å². The Morgan fingerprint density at radius 1 is 1.45 bits per heavy atom. The summed E-state index contributed by atoms with van der Waals surface area (Å²) in [4.78, 5) is 10.4. The average Bonchev–Trinajstić information content (AvgIpc) is 2.76. The molecule has 0 spiro atoms. The van der Waals surface area contributed by atoms with Gasteiger partial charge in [0.05, 0.1) is 28.6 Å². The van der Waals surface area contributed by atoms with Gasteiger partial charge in [-0.1, -0.05) is 0 Å². The van der Waals surface area contributed by atoms with E-state index in [-0.39, 0.29) is 0 Å². The Kier molecular flexibility index (Phi) is 4.85. The van der Waals surface area contributed by atoms with Gasteiger partial charge in [0.25, 0.3) is 0 Å². The maximum absolute atomic E-state index is 10.5. The molecular formula is C13H18BrN5O. The zero-order valence-electron chi connectivity index (χ0n) is 11.8. The topological polar surface area (TPSA) is 67.1 Å². The van der Waals surface area contributed by atoms with Crippen molar-refractivity contribution in [3.05, 3.63) is 40.1 Å². The Morgan fingerprint density at radius 2 is 2.20 bits per heavy atom. The fourth-order valence-corrected chi connectivity index (χ4v) is 2.40. The van der Waals surface area contributed by atoms with Crippen molar-refractivity contribution in [2.45, 2.75) is 19.6 Å². The summed E-state index contributed by atoms with van der Waals surface area (Å²) < 4.78 is 2.58. The molecule has 0 radical (unpaired) electrons. The van der Waals surface area contributed by atoms with Crippen molar-refractivity contribution in [2.75, 3.05) is 20.6 Å². The molecule has 1 unspecified atom stereocenters. The van der Waals surface area contributed by atoms with Gasteiger partial charge in [-0.15, -0.1) is 0 Å². The van der Waals surface area contributed by atoms with Crippen LogP contribution in [0.5, 0.6) is 0 Å². The first-order chi connectivity index (χ1) is 9.49. The summed E-state index contributed by atoms with van der Waals surface area (Å²) in [5.74, 6) is 0.636. The van der Waals surface area contributed by atoms with Crippen molar-refractivity contribution < 1.29 is 5.11 Å². The number of hydrogen-bond acceptors (Lipinski definition) is 5. The number of aryl methyl sites for hydroxylation is 1. The SMILES string of the molecule is Cc1nccc(C(O)c2c(Br)cnn2CCN(C)C)n1. The zero-order chi connectivity index (χ0) is 14.7. The van der Waals surface area contributed by atoms with Crippen LogP contribution in [0.2, 0.25) is 0 Å². The Bertz CT molecular complexity index is 584. The Labute approximate surface area is 126 Å². The van der Waals surface area contributed by atoms with Crippen LogP contribution in [0.3, 0.4) is 0 Å². The number of rotatable bonds is 5. The molecule has 0 aliphatic heterocycles. The molecular weight excluding hydrogens is 322 g/mol. The third kappa shape index (κ3) is 3.41. The minimum Gasteiger partial charge on any atom is -0.380 e. The molecule has 1 atom stereocenters. The molecule has 2 aromatic heterocycles. The predicted molar refractivity (Wildman–Crippen MR) is 79.3 cm³/mol. The second kappa shape index (κ2) is 6.43. The minimum absolute atomic E-state index is 0.574. The molecule has 1 N–H and O–H groups in total. The highest BCUT2D eigenvalue weighted by Gasteiger charge is 2.21. The average molecular weight is 340 g/mol. The van der Waals surface area contributed by atoms with Crippen molar-refractivity contribution in [2.24, 2.45) is 0 Å². The number of aliphatic hydroxyl groups is 1. The monoisotopic (exact) mass is 339 g/mol. The highest BCUT2D eigenvalue weighted by atomic mass is 79.9. The normalized spacial score (nSPS) is 12.9. The Morgan fingerprint density at radius 3 is 2.85 bits per heavy atom. The molecule has 0 fully saturated rings. The van der Waals surface area contributed by atoms with Crippen LogP contribution in [0.1, 0.15) is 23.3 Å². The highest BCUT2D eigenvalue weighted by molar-refractivity contribution is 9.10. The molecule has 0 aromatic carbocycles. The molecule has 0 aliphatic carbocycles. The van der Waals surface area contributed by atoms with Gasteiger partial charge in [0, 0.05) is 12.7 Å². The third-order valence-corrected chi connectivity index (χ3v) is 3.54. The molecule has 0 saturated heterocycles. The standard InChI is InChI=1S/C13H18BrN5O/c1-9-15-5-4-11(17-9)13(20)12-10(14)8-16-19(12)7-6-18(2)3/h4-5,8,13,20H,6-7H2,1-3H3. The van der Waals surface area contributed by atoms with Crippen LogP contribution in [0.4, 0.5) is 0 Å². The van der Waals surface area contributed by atoms with Gasteiger partial charge in [-0.05, 0) is 43.0 Å². The zero-order valence-corrected chi connectivity index (χ0v) is 13.4. The van der Waals surface area contributed by atoms with Gasteiger partial charge in [0.1, 0.15) is 11.9 Å². The van der Waals surface area contributed by atoms with E-state index in [1.807, 2.05) is 14.1 Å². The van der Waals surface area contributed by atoms with E-state index in [1.54, 1.807) is 30.1 Å². The van der Waals surface area contributed by atoms with Gasteiger partial charge < -0.3 is 10.0 Å². The van der Waals surface area contributed by atoms with E-state index >= 15 is 0 Å². The van der Waals surface area contributed by atoms with Gasteiger partial charge in [-0.3, -0.25) is 4.68 Å². The summed E-state index contributed by atoms with van der Waals surface area (Å²) in [5.41, 5.74) is 1.29. The molecule has 0 aliphatic rings. The first kappa shape index (κ1) is 15.1. The second-order valence-electron chi connectivity index (χ2n) is 4.84. The maximum atomic E-state index is 10.5. The lowest BCUT2D eigenvalue weighted by Gasteiger charge is -2.16. The van der Waals surface area contributed by atoms with Gasteiger partial charge in [-0.25, -0.2) is 9.97 Å². The summed E-state index contributed by atoms with van der Waals surface area (Å²) in [6.07, 6.45) is 2.52. The number of aromatic nitrogens is 4. The molecule has 2 rings (SSSR count). The van der Waals surface area contributed by atoms with Gasteiger partial charge >= 0.3 is 0 Å². The summed E-state index contributed by atoms with van der Waals surface area (Å²) in [6.45, 7) is 3.35. The molecule has 0 saturated carbocycles. The fourth-order valence-electron chi connectivity index (χ4n) is 1.88. The molecule has 7 heteroatoms. The van der Waals surface area contributed by atoms with Crippen molar-refractivity contribution in [1.29, 1.82) is 0 Å². The molecule has 20 heavy (non-hydrogen) atoms. The first-order valence-electron chi connectivity index (χ1n) is 6.32. The van der Waals surface area contributed by atoms with Gasteiger partial charge in [0.2, 0.25) is 0 Å². The van der Waals surface area contributed by atoms with Gasteiger partial charge in [0.15, 0.2) is 0 Å². The third-order valence-electron chi connectivity index (χ3n) is 2.93. The van der Waals surface area contributed by atoms with E-state index in [2.05, 4.69) is 35.9 Å². The van der Waals surface area contributed by atoms with E-state index in [9.17, 15) is 5.11 Å². The molecule has 0 amide bonds. The second-order valence-corrected chi connectivity index (χ2v) is 5.69. The Hall–Kier alpha value is -1.31. The van der Waals surface area contributed by atoms with E-state index in [4.69, 9.17) is 0 Å². The van der Waals surface area contributed by atoms with Crippen LogP contribution in [0, 0.1) is 6.92 Å². The molecule has 108 valence electrons. The molecule has 6 nitrogen and oxygen atoms in total. The van der Waals surface area contributed by atoms with Crippen molar-refractivity contribution in [3.63, 3.8) is 0 Å². The highest BCUT2D eigenvalue weighted by Crippen LogP contribution is 2.27. The lowest BCUT2D eigenvalue weighted by Crippen LogP contribution is -2.21. The van der Waals surface area contributed by atoms with Gasteiger partial charge in [-0.2, -0.15) is 5.10 Å². The quantitative estimate of drug-likeness (QED) is 0.891. The number of hydrogen-bond donors (Lipinski definition) is 1. The van der Waals surface area contributed by atoms with Crippen molar-refractivity contribution in [3.8, 4) is 0 Å². The minimum atomic E-state index is -0.823. The van der Waals surface area contributed by atoms with Crippen LogP contribution in [-0.4, -0.2) is 50.4 Å². The number of aliphatic hydroxyl groups excluding tert-OH is 1. The molecule has 0 bridgehead atoms. The first-order valence-corrected chi connectivity index (χ1v) is 7.12. The number of nitrogens with zero attached hydrogens (tertiary/aromatic N) is 5. The summed E-state index contributed by atoms with van der Waals surface area (Å²) in [5, 5.41) is 14.8. The fraction of sp³-hybridized carbons (Fsp3) is 0.462. The van der Waals surface area contributed by atoms with E-state index in [0.717, 1.165) is 11.0 Å². The van der Waals surface area contributed by atoms with Crippen molar-refractivity contribution in [1.82, 2.24) is 24.6 Å².